The van der Waals surface area contributed by atoms with E-state index >= 15 is 0 Å². The van der Waals surface area contributed by atoms with Crippen LogP contribution in [-0.2, 0) is 4.79 Å². The summed E-state index contributed by atoms with van der Waals surface area (Å²) in [5.41, 5.74) is 4.22. The molecule has 7 nitrogen and oxygen atoms in total. The number of carbonyl (C=O) groups excluding carboxylic acids is 1. The van der Waals surface area contributed by atoms with Crippen LogP contribution in [-0.4, -0.2) is 48.6 Å². The quantitative estimate of drug-likeness (QED) is 0.260. The van der Waals surface area contributed by atoms with Crippen LogP contribution in [0.3, 0.4) is 0 Å². The van der Waals surface area contributed by atoms with Gasteiger partial charge in [0.05, 0.1) is 22.1 Å². The molecule has 0 spiro atoms. The Hall–Kier alpha value is -4.56. The van der Waals surface area contributed by atoms with E-state index in [0.717, 1.165) is 17.9 Å². The lowest BCUT2D eigenvalue weighted by Gasteiger charge is -2.31. The Morgan fingerprint density at radius 3 is 2.49 bits per heavy atom. The maximum absolute atomic E-state index is 14.9. The molecule has 0 fully saturated rings. The monoisotopic (exact) mass is 543 g/mol. The smallest absolute Gasteiger partial charge is 0.218 e. The van der Waals surface area contributed by atoms with Crippen LogP contribution >= 0.6 is 11.6 Å². The van der Waals surface area contributed by atoms with Gasteiger partial charge in [-0.25, -0.2) is 9.37 Å². The molecule has 0 saturated carbocycles. The molecule has 0 unspecified atom stereocenters. The Labute approximate surface area is 231 Å². The summed E-state index contributed by atoms with van der Waals surface area (Å²) in [7, 11) is 3.67. The zero-order valence-electron chi connectivity index (χ0n) is 21.5. The van der Waals surface area contributed by atoms with E-state index in [9.17, 15) is 14.3 Å². The van der Waals surface area contributed by atoms with E-state index < -0.39 is 5.82 Å². The number of phenolic OH excluding ortho intramolecular Hbond substituents is 1. The minimum Gasteiger partial charge on any atom is -0.507 e. The zero-order valence-corrected chi connectivity index (χ0v) is 22.2. The number of para-hydroxylation sites is 2. The van der Waals surface area contributed by atoms with Crippen molar-refractivity contribution in [2.24, 2.45) is 0 Å². The number of anilines is 4. The first kappa shape index (κ1) is 26.1. The molecule has 0 radical (unpaired) electrons. The number of aromatic nitrogens is 1. The van der Waals surface area contributed by atoms with Crippen LogP contribution in [0.1, 0.15) is 0 Å². The van der Waals surface area contributed by atoms with Crippen LogP contribution < -0.4 is 15.1 Å². The number of nitrogens with one attached hydrogen (secondary N) is 1. The second-order valence-electron chi connectivity index (χ2n) is 9.29. The number of carbonyl (C=O) groups is 1. The van der Waals surface area contributed by atoms with Gasteiger partial charge in [-0.3, -0.25) is 9.69 Å². The Bertz CT molecular complexity index is 1560. The number of nitrogens with zero attached hydrogens (tertiary/aromatic N) is 4. The topological polar surface area (TPSA) is 71.9 Å². The lowest BCUT2D eigenvalue weighted by atomic mass is 9.97. The van der Waals surface area contributed by atoms with Crippen molar-refractivity contribution in [1.82, 2.24) is 9.88 Å². The molecule has 0 saturated heterocycles. The number of benzene rings is 3. The number of pyridine rings is 1. The van der Waals surface area contributed by atoms with Gasteiger partial charge in [0, 0.05) is 56.9 Å². The van der Waals surface area contributed by atoms with Crippen LogP contribution in [0.2, 0.25) is 5.02 Å². The molecule has 0 aliphatic carbocycles. The van der Waals surface area contributed by atoms with Gasteiger partial charge >= 0.3 is 0 Å². The Balaban J connectivity index is 1.52. The van der Waals surface area contributed by atoms with Gasteiger partial charge in [0.2, 0.25) is 6.41 Å². The van der Waals surface area contributed by atoms with Gasteiger partial charge in [0.15, 0.2) is 0 Å². The predicted molar refractivity (Wildman–Crippen MR) is 155 cm³/mol. The van der Waals surface area contributed by atoms with E-state index in [1.165, 1.54) is 17.0 Å². The molecule has 2 heterocycles. The van der Waals surface area contributed by atoms with E-state index in [4.69, 9.17) is 11.6 Å². The van der Waals surface area contributed by atoms with Gasteiger partial charge in [-0.15, -0.1) is 0 Å². The van der Waals surface area contributed by atoms with Crippen LogP contribution in [0.4, 0.5) is 27.3 Å². The van der Waals surface area contributed by atoms with Gasteiger partial charge < -0.3 is 20.2 Å². The van der Waals surface area contributed by atoms with Crippen molar-refractivity contribution >= 4 is 40.9 Å². The molecule has 1 aromatic heterocycles. The number of aromatic hydroxyl groups is 1. The highest BCUT2D eigenvalue weighted by Gasteiger charge is 2.21. The van der Waals surface area contributed by atoms with Crippen LogP contribution in [0.25, 0.3) is 22.3 Å². The summed E-state index contributed by atoms with van der Waals surface area (Å²) >= 11 is 6.52. The second kappa shape index (κ2) is 11.0. The molecule has 9 heteroatoms. The van der Waals surface area contributed by atoms with Crippen LogP contribution in [0.5, 0.6) is 5.75 Å². The molecule has 4 aromatic rings. The normalized spacial score (nSPS) is 12.7. The number of hydrogen-bond donors (Lipinski definition) is 2. The highest BCUT2D eigenvalue weighted by atomic mass is 35.5. The SMILES string of the molecule is CN(C)/C=C\N(C=O)c1ccc(-c2cc(F)cc(-c3ccnc(N4CCNc5ccccc54)c3)c2O)cc1Cl. The van der Waals surface area contributed by atoms with E-state index in [2.05, 4.69) is 15.2 Å². The average Bonchev–Trinajstić information content (AvgIpc) is 2.94. The molecule has 1 amide bonds. The van der Waals surface area contributed by atoms with E-state index in [1.54, 1.807) is 47.8 Å². The van der Waals surface area contributed by atoms with Crippen molar-refractivity contribution in [2.75, 3.05) is 42.3 Å². The molecule has 5 rings (SSSR count). The Morgan fingerprint density at radius 2 is 1.77 bits per heavy atom. The molecule has 0 bridgehead atoms. The summed E-state index contributed by atoms with van der Waals surface area (Å²) in [4.78, 5) is 21.4. The summed E-state index contributed by atoms with van der Waals surface area (Å²) in [5.74, 6) is 0.101. The predicted octanol–water partition coefficient (Wildman–Crippen LogP) is 6.47. The third-order valence-electron chi connectivity index (χ3n) is 6.43. The third-order valence-corrected chi connectivity index (χ3v) is 6.73. The zero-order chi connectivity index (χ0) is 27.5. The standard InChI is InChI=1S/C30H27ClFN5O2/c1-35(2)13-14-36(19-38)27-8-7-20(15-25(27)31)23-17-22(32)18-24(30(23)39)21-9-10-34-29(16-21)37-12-11-33-26-5-3-4-6-28(26)37/h3-10,13-19,33,39H,11-12H2,1-2H3/b14-13-. The lowest BCUT2D eigenvalue weighted by molar-refractivity contribution is -0.106. The van der Waals surface area contributed by atoms with Gasteiger partial charge in [0.1, 0.15) is 17.4 Å². The van der Waals surface area contributed by atoms with Crippen molar-refractivity contribution in [3.8, 4) is 28.0 Å². The fourth-order valence-corrected chi connectivity index (χ4v) is 4.83. The highest BCUT2D eigenvalue weighted by molar-refractivity contribution is 6.34. The van der Waals surface area contributed by atoms with E-state index in [-0.39, 0.29) is 16.3 Å². The van der Waals surface area contributed by atoms with Crippen LogP contribution in [0.15, 0.2) is 85.3 Å². The second-order valence-corrected chi connectivity index (χ2v) is 9.70. The minimum atomic E-state index is -0.507. The molecular formula is C30H27ClFN5O2. The van der Waals surface area contributed by atoms with E-state index in [1.807, 2.05) is 44.4 Å². The molecular weight excluding hydrogens is 517 g/mol. The fourth-order valence-electron chi connectivity index (χ4n) is 4.55. The summed E-state index contributed by atoms with van der Waals surface area (Å²) in [5, 5.41) is 15.0. The molecule has 198 valence electrons. The minimum absolute atomic E-state index is 0.0853. The molecule has 3 aromatic carbocycles. The molecule has 2 N–H and O–H groups in total. The maximum Gasteiger partial charge on any atom is 0.218 e. The number of halogens is 2. The third kappa shape index (κ3) is 5.37. The largest absolute Gasteiger partial charge is 0.507 e. The summed E-state index contributed by atoms with van der Waals surface area (Å²) in [6.45, 7) is 1.46. The van der Waals surface area contributed by atoms with Crippen molar-refractivity contribution in [3.63, 3.8) is 0 Å². The van der Waals surface area contributed by atoms with Crippen molar-refractivity contribution in [3.05, 3.63) is 96.2 Å². The van der Waals surface area contributed by atoms with E-state index in [0.29, 0.717) is 41.2 Å². The van der Waals surface area contributed by atoms with Gasteiger partial charge in [0.25, 0.3) is 0 Å². The first-order valence-electron chi connectivity index (χ1n) is 12.3. The molecule has 0 atom stereocenters. The summed E-state index contributed by atoms with van der Waals surface area (Å²) in [6.07, 6.45) is 5.60. The van der Waals surface area contributed by atoms with Gasteiger partial charge in [-0.1, -0.05) is 29.8 Å². The average molecular weight is 544 g/mol. The van der Waals surface area contributed by atoms with Crippen LogP contribution in [0, 0.1) is 5.82 Å². The number of hydrogen-bond acceptors (Lipinski definition) is 6. The number of fused-ring (bicyclic) bond motifs is 1. The van der Waals surface area contributed by atoms with Crippen molar-refractivity contribution in [2.45, 2.75) is 0 Å². The molecule has 39 heavy (non-hydrogen) atoms. The number of amides is 1. The summed E-state index contributed by atoms with van der Waals surface area (Å²) in [6, 6.07) is 19.1. The van der Waals surface area contributed by atoms with Gasteiger partial charge in [-0.2, -0.15) is 0 Å². The highest BCUT2D eigenvalue weighted by Crippen LogP contribution is 2.42. The van der Waals surface area contributed by atoms with Crippen molar-refractivity contribution in [1.29, 1.82) is 0 Å². The first-order chi connectivity index (χ1) is 18.9. The first-order valence-corrected chi connectivity index (χ1v) is 12.7. The lowest BCUT2D eigenvalue weighted by Crippen LogP contribution is -2.30. The number of rotatable bonds is 7. The van der Waals surface area contributed by atoms with Crippen molar-refractivity contribution < 1.29 is 14.3 Å². The maximum atomic E-state index is 14.9. The summed E-state index contributed by atoms with van der Waals surface area (Å²) < 4.78 is 14.9. The number of phenols is 1. The Kier molecular flexibility index (Phi) is 7.38. The fraction of sp³-hybridized carbons (Fsp3) is 0.133. The molecule has 1 aliphatic heterocycles. The van der Waals surface area contributed by atoms with Gasteiger partial charge in [-0.05, 0) is 59.7 Å². The Morgan fingerprint density at radius 1 is 1.03 bits per heavy atom. The molecule has 1 aliphatic rings.